The van der Waals surface area contributed by atoms with E-state index in [1.807, 2.05) is 0 Å². The van der Waals surface area contributed by atoms with Crippen LogP contribution in [0.5, 0.6) is 0 Å². The van der Waals surface area contributed by atoms with Gasteiger partial charge < -0.3 is 5.73 Å². The Hall–Kier alpha value is 0.410. The van der Waals surface area contributed by atoms with Crippen LogP contribution in [0.4, 0.5) is 0 Å². The maximum Gasteiger partial charge on any atom is 0.183 e. The molecule has 66 valence electrons. The van der Waals surface area contributed by atoms with Crippen LogP contribution in [-0.4, -0.2) is 27.5 Å². The van der Waals surface area contributed by atoms with Gasteiger partial charge in [0.05, 0.1) is 0 Å². The maximum atomic E-state index is 5.26. The Morgan fingerprint density at radius 2 is 2.27 bits per heavy atom. The molecule has 0 bridgehead atoms. The third kappa shape index (κ3) is 5.66. The zero-order valence-electron chi connectivity index (χ0n) is 5.69. The number of hydrogen-bond acceptors (Lipinski definition) is 4. The van der Waals surface area contributed by atoms with Crippen molar-refractivity contribution in [2.75, 3.05) is 12.3 Å². The maximum absolute atomic E-state index is 5.26. The van der Waals surface area contributed by atoms with Crippen LogP contribution in [-0.2, 0) is 0 Å². The van der Waals surface area contributed by atoms with Crippen LogP contribution in [0, 0.1) is 0 Å². The predicted molar refractivity (Wildman–Crippen MR) is 56.8 cm³/mol. The molecule has 0 amide bonds. The molecule has 0 radical (unpaired) electrons. The summed E-state index contributed by atoms with van der Waals surface area (Å²) in [4.78, 5) is 3.89. The van der Waals surface area contributed by atoms with Gasteiger partial charge in [0.1, 0.15) is 6.33 Å². The number of hydrogen-bond donors (Lipinski definition) is 2. The number of aromatic amines is 1. The zero-order valence-corrected chi connectivity index (χ0v) is 9.93. The molecule has 7 heteroatoms. The van der Waals surface area contributed by atoms with Gasteiger partial charge in [-0.3, -0.25) is 5.10 Å². The van der Waals surface area contributed by atoms with Crippen LogP contribution in [0.15, 0.2) is 11.5 Å². The van der Waals surface area contributed by atoms with Gasteiger partial charge in [0.15, 0.2) is 5.16 Å². The highest BCUT2D eigenvalue weighted by Crippen LogP contribution is 2.07. The lowest BCUT2D eigenvalue weighted by Gasteiger charge is -1.89. The average molecular weight is 306 g/mol. The molecule has 0 saturated carbocycles. The summed E-state index contributed by atoms with van der Waals surface area (Å²) in [5.41, 5.74) is 5.26. The second-order valence-corrected chi connectivity index (χ2v) is 2.51. The molecule has 0 aliphatic rings. The standard InChI is InChI=1S/C4H8N4S.2BrH/c5-1-2-9-4-6-3-7-8-4;;/h3H,1-2,5H2,(H,6,7,8);2*1H. The van der Waals surface area contributed by atoms with Crippen molar-refractivity contribution >= 4 is 45.7 Å². The molecule has 3 N–H and O–H groups in total. The minimum absolute atomic E-state index is 0. The first kappa shape index (κ1) is 14.0. The minimum atomic E-state index is 0. The van der Waals surface area contributed by atoms with E-state index >= 15 is 0 Å². The van der Waals surface area contributed by atoms with Gasteiger partial charge in [0, 0.05) is 12.3 Å². The second-order valence-electron chi connectivity index (χ2n) is 1.43. The number of nitrogens with one attached hydrogen (secondary N) is 1. The van der Waals surface area contributed by atoms with E-state index in [0.29, 0.717) is 6.54 Å². The van der Waals surface area contributed by atoms with Gasteiger partial charge in [-0.2, -0.15) is 5.10 Å². The van der Waals surface area contributed by atoms with Gasteiger partial charge in [-0.25, -0.2) is 4.98 Å². The van der Waals surface area contributed by atoms with Crippen molar-refractivity contribution in [2.45, 2.75) is 5.16 Å². The van der Waals surface area contributed by atoms with Crippen molar-refractivity contribution in [1.82, 2.24) is 15.2 Å². The Balaban J connectivity index is 0. The van der Waals surface area contributed by atoms with Gasteiger partial charge in [0.25, 0.3) is 0 Å². The molecule has 0 spiro atoms. The van der Waals surface area contributed by atoms with Gasteiger partial charge in [-0.1, -0.05) is 11.8 Å². The van der Waals surface area contributed by atoms with E-state index in [-0.39, 0.29) is 34.0 Å². The summed E-state index contributed by atoms with van der Waals surface area (Å²) in [6.45, 7) is 0.672. The molecule has 0 saturated heterocycles. The largest absolute Gasteiger partial charge is 0.330 e. The van der Waals surface area contributed by atoms with Gasteiger partial charge in [-0.05, 0) is 0 Å². The fraction of sp³-hybridized carbons (Fsp3) is 0.500. The molecule has 0 aromatic carbocycles. The highest BCUT2D eigenvalue weighted by atomic mass is 79.9. The summed E-state index contributed by atoms with van der Waals surface area (Å²) < 4.78 is 0. The van der Waals surface area contributed by atoms with Crippen molar-refractivity contribution in [3.63, 3.8) is 0 Å². The summed E-state index contributed by atoms with van der Waals surface area (Å²) in [6, 6.07) is 0. The lowest BCUT2D eigenvalue weighted by atomic mass is 10.8. The summed E-state index contributed by atoms with van der Waals surface area (Å²) in [6.07, 6.45) is 1.48. The van der Waals surface area contributed by atoms with E-state index in [2.05, 4.69) is 15.2 Å². The molecule has 0 fully saturated rings. The first-order chi connectivity index (χ1) is 4.43. The van der Waals surface area contributed by atoms with Crippen LogP contribution in [0.2, 0.25) is 0 Å². The molecule has 0 unspecified atom stereocenters. The fourth-order valence-corrected chi connectivity index (χ4v) is 0.970. The lowest BCUT2D eigenvalue weighted by molar-refractivity contribution is 0.971. The highest BCUT2D eigenvalue weighted by molar-refractivity contribution is 8.93. The van der Waals surface area contributed by atoms with Crippen LogP contribution in [0.3, 0.4) is 0 Å². The average Bonchev–Trinajstić information content (AvgIpc) is 2.34. The molecule has 1 aromatic heterocycles. The molecular formula is C4H10Br2N4S. The van der Waals surface area contributed by atoms with Crippen LogP contribution >= 0.6 is 45.7 Å². The van der Waals surface area contributed by atoms with E-state index in [1.54, 1.807) is 11.8 Å². The Labute approximate surface area is 90.3 Å². The van der Waals surface area contributed by atoms with Crippen molar-refractivity contribution in [2.24, 2.45) is 5.73 Å². The quantitative estimate of drug-likeness (QED) is 0.818. The molecule has 1 aromatic rings. The molecule has 0 atom stereocenters. The van der Waals surface area contributed by atoms with Gasteiger partial charge in [-0.15, -0.1) is 34.0 Å². The third-order valence-electron chi connectivity index (χ3n) is 0.750. The summed E-state index contributed by atoms with van der Waals surface area (Å²) in [5, 5.41) is 7.23. The highest BCUT2D eigenvalue weighted by Gasteiger charge is 1.91. The van der Waals surface area contributed by atoms with Crippen LogP contribution < -0.4 is 5.73 Å². The summed E-state index contributed by atoms with van der Waals surface area (Å²) >= 11 is 1.57. The van der Waals surface area contributed by atoms with E-state index in [0.717, 1.165) is 10.9 Å². The molecule has 4 nitrogen and oxygen atoms in total. The Bertz CT molecular complexity index is 157. The van der Waals surface area contributed by atoms with Crippen molar-refractivity contribution in [3.05, 3.63) is 6.33 Å². The number of aromatic nitrogens is 3. The molecular weight excluding hydrogens is 296 g/mol. The zero-order chi connectivity index (χ0) is 6.53. The van der Waals surface area contributed by atoms with E-state index in [1.165, 1.54) is 6.33 Å². The molecule has 1 heterocycles. The van der Waals surface area contributed by atoms with E-state index in [9.17, 15) is 0 Å². The Kier molecular flexibility index (Phi) is 10.8. The summed E-state index contributed by atoms with van der Waals surface area (Å²) in [5.74, 6) is 0.884. The smallest absolute Gasteiger partial charge is 0.183 e. The Morgan fingerprint density at radius 3 is 2.73 bits per heavy atom. The van der Waals surface area contributed by atoms with Crippen molar-refractivity contribution in [3.8, 4) is 0 Å². The number of nitrogens with zero attached hydrogens (tertiary/aromatic N) is 2. The first-order valence-corrected chi connectivity index (χ1v) is 3.60. The SMILES string of the molecule is Br.Br.NCCSc1ncn[nH]1. The number of halogens is 2. The normalized spacial score (nSPS) is 8.09. The topological polar surface area (TPSA) is 67.6 Å². The fourth-order valence-electron chi connectivity index (χ4n) is 0.419. The minimum Gasteiger partial charge on any atom is -0.330 e. The molecule has 0 aliphatic carbocycles. The number of thioether (sulfide) groups is 1. The molecule has 11 heavy (non-hydrogen) atoms. The third-order valence-corrected chi connectivity index (χ3v) is 1.66. The van der Waals surface area contributed by atoms with E-state index in [4.69, 9.17) is 5.73 Å². The molecule has 1 rings (SSSR count). The van der Waals surface area contributed by atoms with E-state index < -0.39 is 0 Å². The summed E-state index contributed by atoms with van der Waals surface area (Å²) in [7, 11) is 0. The van der Waals surface area contributed by atoms with Gasteiger partial charge in [0.2, 0.25) is 0 Å². The van der Waals surface area contributed by atoms with Crippen molar-refractivity contribution in [1.29, 1.82) is 0 Å². The van der Waals surface area contributed by atoms with Crippen LogP contribution in [0.25, 0.3) is 0 Å². The first-order valence-electron chi connectivity index (χ1n) is 2.61. The number of H-pyrrole nitrogens is 1. The van der Waals surface area contributed by atoms with Gasteiger partial charge >= 0.3 is 0 Å². The monoisotopic (exact) mass is 304 g/mol. The number of rotatable bonds is 3. The lowest BCUT2D eigenvalue weighted by Crippen LogP contribution is -2.01. The van der Waals surface area contributed by atoms with Crippen LogP contribution in [0.1, 0.15) is 0 Å². The number of nitrogens with two attached hydrogens (primary N) is 1. The Morgan fingerprint density at radius 1 is 1.55 bits per heavy atom. The van der Waals surface area contributed by atoms with Crippen molar-refractivity contribution < 1.29 is 0 Å². The molecule has 0 aliphatic heterocycles. The predicted octanol–water partition coefficient (Wildman–Crippen LogP) is 1.01. The second kappa shape index (κ2) is 8.51.